The topological polar surface area (TPSA) is 72.7 Å². The van der Waals surface area contributed by atoms with Gasteiger partial charge in [0.05, 0.1) is 6.20 Å². The average Bonchev–Trinajstić information content (AvgIpc) is 3.16. The van der Waals surface area contributed by atoms with E-state index in [1.165, 1.54) is 10.6 Å². The van der Waals surface area contributed by atoms with E-state index in [1.54, 1.807) is 19.1 Å². The molecule has 0 aromatic carbocycles. The number of amides is 1. The van der Waals surface area contributed by atoms with Gasteiger partial charge in [0.1, 0.15) is 5.65 Å². The van der Waals surface area contributed by atoms with Crippen LogP contribution < -0.4 is 15.6 Å². The number of pyridine rings is 1. The molecule has 1 saturated carbocycles. The molecule has 6 nitrogen and oxygen atoms in total. The van der Waals surface area contributed by atoms with E-state index in [2.05, 4.69) is 10.3 Å². The van der Waals surface area contributed by atoms with E-state index in [1.807, 2.05) is 6.07 Å². The van der Waals surface area contributed by atoms with Crippen molar-refractivity contribution in [3.8, 4) is 5.75 Å². The highest BCUT2D eigenvalue weighted by atomic mass is 16.6. The van der Waals surface area contributed by atoms with Crippen LogP contribution in [0.1, 0.15) is 18.5 Å². The lowest BCUT2D eigenvalue weighted by Crippen LogP contribution is -2.31. The van der Waals surface area contributed by atoms with Gasteiger partial charge in [-0.05, 0) is 31.9 Å². The molecule has 0 atom stereocenters. The number of nitrogens with one attached hydrogen (secondary N) is 1. The Morgan fingerprint density at radius 2 is 2.26 bits per heavy atom. The van der Waals surface area contributed by atoms with Crippen molar-refractivity contribution in [1.29, 1.82) is 0 Å². The van der Waals surface area contributed by atoms with Gasteiger partial charge in [0, 0.05) is 11.7 Å². The predicted molar refractivity (Wildman–Crippen MR) is 68.4 cm³/mol. The van der Waals surface area contributed by atoms with E-state index < -0.39 is 6.09 Å². The van der Waals surface area contributed by atoms with Gasteiger partial charge < -0.3 is 10.1 Å². The summed E-state index contributed by atoms with van der Waals surface area (Å²) in [5, 5.41) is 2.66. The molecule has 2 aromatic rings. The van der Waals surface area contributed by atoms with Gasteiger partial charge in [-0.2, -0.15) is 0 Å². The van der Waals surface area contributed by atoms with Crippen LogP contribution in [0.2, 0.25) is 0 Å². The van der Waals surface area contributed by atoms with Crippen molar-refractivity contribution in [1.82, 2.24) is 14.7 Å². The summed E-state index contributed by atoms with van der Waals surface area (Å²) in [5.41, 5.74) is 0.886. The zero-order chi connectivity index (χ0) is 13.4. The smallest absolute Gasteiger partial charge is 0.403 e. The van der Waals surface area contributed by atoms with Gasteiger partial charge in [-0.15, -0.1) is 0 Å². The highest BCUT2D eigenvalue weighted by Gasteiger charge is 2.24. The zero-order valence-electron chi connectivity index (χ0n) is 10.4. The normalized spacial score (nSPS) is 14.4. The van der Waals surface area contributed by atoms with Crippen LogP contribution in [0.15, 0.2) is 29.2 Å². The molecule has 6 heteroatoms. The summed E-state index contributed by atoms with van der Waals surface area (Å²) in [4.78, 5) is 27.8. The zero-order valence-corrected chi connectivity index (χ0v) is 10.4. The van der Waals surface area contributed by atoms with Crippen molar-refractivity contribution < 1.29 is 9.53 Å². The Bertz CT molecular complexity index is 704. The van der Waals surface area contributed by atoms with Crippen LogP contribution in [-0.2, 0) is 0 Å². The van der Waals surface area contributed by atoms with E-state index in [9.17, 15) is 9.59 Å². The van der Waals surface area contributed by atoms with E-state index >= 15 is 0 Å². The first kappa shape index (κ1) is 11.7. The molecule has 19 heavy (non-hydrogen) atoms. The lowest BCUT2D eigenvalue weighted by molar-refractivity contribution is 0.199. The largest absolute Gasteiger partial charge is 0.413 e. The number of carbonyl (C=O) groups excluding carboxylic acids is 1. The Hall–Kier alpha value is -2.37. The van der Waals surface area contributed by atoms with Crippen molar-refractivity contribution in [2.24, 2.45) is 0 Å². The minimum atomic E-state index is -0.602. The van der Waals surface area contributed by atoms with Gasteiger partial charge in [0.15, 0.2) is 0 Å². The summed E-state index contributed by atoms with van der Waals surface area (Å²) >= 11 is 0. The van der Waals surface area contributed by atoms with Crippen LogP contribution >= 0.6 is 0 Å². The second-order valence-electron chi connectivity index (χ2n) is 4.60. The SMILES string of the molecule is Cc1cccc2ncc(OC(=O)NC3CC3)c(=O)n12. The van der Waals surface area contributed by atoms with Crippen LogP contribution in [0.3, 0.4) is 0 Å². The molecule has 1 aliphatic carbocycles. The molecule has 0 unspecified atom stereocenters. The maximum atomic E-state index is 12.2. The van der Waals surface area contributed by atoms with Crippen molar-refractivity contribution in [3.05, 3.63) is 40.4 Å². The molecule has 0 spiro atoms. The van der Waals surface area contributed by atoms with Gasteiger partial charge in [-0.1, -0.05) is 6.07 Å². The van der Waals surface area contributed by atoms with E-state index in [0.29, 0.717) is 5.65 Å². The lowest BCUT2D eigenvalue weighted by Gasteiger charge is -2.07. The molecule has 3 rings (SSSR count). The van der Waals surface area contributed by atoms with Gasteiger partial charge in [-0.25, -0.2) is 9.78 Å². The Balaban J connectivity index is 1.95. The number of hydrogen-bond donors (Lipinski definition) is 1. The summed E-state index contributed by atoms with van der Waals surface area (Å²) in [6, 6.07) is 5.52. The number of fused-ring (bicyclic) bond motifs is 1. The highest BCUT2D eigenvalue weighted by molar-refractivity contribution is 5.70. The minimum absolute atomic E-state index is 0.0649. The number of nitrogens with zero attached hydrogens (tertiary/aromatic N) is 2. The third-order valence-corrected chi connectivity index (χ3v) is 2.99. The fraction of sp³-hybridized carbons (Fsp3) is 0.308. The van der Waals surface area contributed by atoms with Gasteiger partial charge in [0.25, 0.3) is 0 Å². The maximum Gasteiger partial charge on any atom is 0.413 e. The molecule has 0 bridgehead atoms. The Kier molecular flexibility index (Phi) is 2.70. The number of aromatic nitrogens is 2. The summed E-state index contributed by atoms with van der Waals surface area (Å²) in [5.74, 6) is -0.0649. The minimum Gasteiger partial charge on any atom is -0.403 e. The highest BCUT2D eigenvalue weighted by Crippen LogP contribution is 2.18. The van der Waals surface area contributed by atoms with Crippen molar-refractivity contribution in [2.45, 2.75) is 25.8 Å². The van der Waals surface area contributed by atoms with E-state index in [4.69, 9.17) is 4.74 Å². The van der Waals surface area contributed by atoms with E-state index in [0.717, 1.165) is 18.5 Å². The maximum absolute atomic E-state index is 12.2. The molecule has 2 aromatic heterocycles. The van der Waals surface area contributed by atoms with Crippen LogP contribution in [0.4, 0.5) is 4.79 Å². The molecular weight excluding hydrogens is 246 g/mol. The number of hydrogen-bond acceptors (Lipinski definition) is 4. The summed E-state index contributed by atoms with van der Waals surface area (Å²) in [6.07, 6.45) is 2.60. The third kappa shape index (κ3) is 2.29. The standard InChI is InChI=1S/C13H13N3O3/c1-8-3-2-4-11-14-7-10(12(17)16(8)11)19-13(18)15-9-5-6-9/h2-4,7,9H,5-6H2,1H3,(H,15,18). The molecule has 0 saturated heterocycles. The third-order valence-electron chi connectivity index (χ3n) is 2.99. The lowest BCUT2D eigenvalue weighted by atomic mass is 10.3. The molecule has 1 fully saturated rings. The van der Waals surface area contributed by atoms with Gasteiger partial charge in [0.2, 0.25) is 5.75 Å². The molecule has 0 radical (unpaired) electrons. The average molecular weight is 259 g/mol. The number of ether oxygens (including phenoxy) is 1. The fourth-order valence-corrected chi connectivity index (χ4v) is 1.85. The second-order valence-corrected chi connectivity index (χ2v) is 4.60. The first-order valence-electron chi connectivity index (χ1n) is 6.11. The molecular formula is C13H13N3O3. The Morgan fingerprint density at radius 1 is 1.47 bits per heavy atom. The van der Waals surface area contributed by atoms with Crippen LogP contribution in [0, 0.1) is 6.92 Å². The van der Waals surface area contributed by atoms with Crippen LogP contribution in [-0.4, -0.2) is 21.5 Å². The second kappa shape index (κ2) is 4.38. The fourth-order valence-electron chi connectivity index (χ4n) is 1.85. The number of rotatable bonds is 2. The Labute approximate surface area is 109 Å². The van der Waals surface area contributed by atoms with Crippen molar-refractivity contribution >= 4 is 11.7 Å². The quantitative estimate of drug-likeness (QED) is 0.881. The number of aryl methyl sites for hydroxylation is 1. The molecule has 1 amide bonds. The summed E-state index contributed by atoms with van der Waals surface area (Å²) in [6.45, 7) is 1.80. The monoisotopic (exact) mass is 259 g/mol. The first-order chi connectivity index (χ1) is 9.15. The van der Waals surface area contributed by atoms with Crippen LogP contribution in [0.5, 0.6) is 5.75 Å². The molecule has 1 aliphatic rings. The van der Waals surface area contributed by atoms with Crippen molar-refractivity contribution in [3.63, 3.8) is 0 Å². The molecule has 98 valence electrons. The summed E-state index contributed by atoms with van der Waals surface area (Å²) in [7, 11) is 0. The molecule has 0 aliphatic heterocycles. The van der Waals surface area contributed by atoms with Gasteiger partial charge in [-0.3, -0.25) is 9.20 Å². The molecule has 1 N–H and O–H groups in total. The number of carbonyl (C=O) groups is 1. The summed E-state index contributed by atoms with van der Waals surface area (Å²) < 4.78 is 6.43. The Morgan fingerprint density at radius 3 is 3.00 bits per heavy atom. The molecule has 2 heterocycles. The van der Waals surface area contributed by atoms with Crippen LogP contribution in [0.25, 0.3) is 5.65 Å². The van der Waals surface area contributed by atoms with E-state index in [-0.39, 0.29) is 17.4 Å². The predicted octanol–water partition coefficient (Wildman–Crippen LogP) is 1.25. The van der Waals surface area contributed by atoms with Gasteiger partial charge >= 0.3 is 11.7 Å². The van der Waals surface area contributed by atoms with Crippen molar-refractivity contribution in [2.75, 3.05) is 0 Å². The first-order valence-corrected chi connectivity index (χ1v) is 6.11.